The largest absolute Gasteiger partial charge is 0.390 e. The Morgan fingerprint density at radius 3 is 1.32 bits per heavy atom. The summed E-state index contributed by atoms with van der Waals surface area (Å²) < 4.78 is 17.9. The highest BCUT2D eigenvalue weighted by Crippen LogP contribution is 2.31. The average molecular weight is 913 g/mol. The lowest BCUT2D eigenvalue weighted by atomic mass is 9.83. The molecular formula is C26H40N8O4S12. The van der Waals surface area contributed by atoms with Crippen molar-refractivity contribution in [3.63, 3.8) is 0 Å². The highest BCUT2D eigenvalue weighted by molar-refractivity contribution is 8.05. The lowest BCUT2D eigenvalue weighted by Crippen LogP contribution is -2.26. The van der Waals surface area contributed by atoms with E-state index in [9.17, 15) is 10.2 Å². The number of hydrogen-bond acceptors (Lipinski definition) is 20. The number of ether oxygens (including phenoxy) is 2. The van der Waals surface area contributed by atoms with Gasteiger partial charge in [0.15, 0.2) is 33.2 Å². The quantitative estimate of drug-likeness (QED) is 0.0389. The highest BCUT2D eigenvalue weighted by Gasteiger charge is 2.22. The van der Waals surface area contributed by atoms with E-state index in [0.29, 0.717) is 62.9 Å². The second-order valence-corrected chi connectivity index (χ2v) is 22.8. The van der Waals surface area contributed by atoms with Crippen molar-refractivity contribution in [2.45, 2.75) is 74.9 Å². The number of nitrogens with one attached hydrogen (secondary N) is 4. The van der Waals surface area contributed by atoms with Gasteiger partial charge in [0.25, 0.3) is 0 Å². The van der Waals surface area contributed by atoms with E-state index in [0.717, 1.165) is 56.7 Å². The van der Waals surface area contributed by atoms with Crippen LogP contribution in [0.2, 0.25) is 0 Å². The van der Waals surface area contributed by atoms with Crippen molar-refractivity contribution >= 4 is 141 Å². The minimum atomic E-state index is -0.515. The smallest absolute Gasteiger partial charge is 0.177 e. The zero-order chi connectivity index (χ0) is 35.0. The maximum Gasteiger partial charge on any atom is 0.177 e. The SMILES string of the molecule is C.CC(CSc1n[nH]c(=S)s1)Sc1n[nH]c(=S)s1.OC(COCC1CCC(COCC(O)CSc2n[nH]c(=S)s2)CC1)CSc1n[nH]c(=S)s1. The van der Waals surface area contributed by atoms with Crippen LogP contribution in [0, 0.1) is 27.7 Å². The van der Waals surface area contributed by atoms with Gasteiger partial charge in [-0.05, 0) is 86.4 Å². The van der Waals surface area contributed by atoms with Gasteiger partial charge in [-0.2, -0.15) is 20.4 Å². The highest BCUT2D eigenvalue weighted by atomic mass is 32.2. The number of aromatic amines is 4. The van der Waals surface area contributed by atoms with E-state index in [1.54, 1.807) is 23.5 Å². The van der Waals surface area contributed by atoms with Crippen molar-refractivity contribution < 1.29 is 19.7 Å². The summed E-state index contributed by atoms with van der Waals surface area (Å²) in [5.74, 6) is 3.12. The Labute approximate surface area is 344 Å². The summed E-state index contributed by atoms with van der Waals surface area (Å²) in [6.45, 7) is 4.22. The summed E-state index contributed by atoms with van der Waals surface area (Å²) in [6.07, 6.45) is 3.41. The molecule has 3 unspecified atom stereocenters. The van der Waals surface area contributed by atoms with Gasteiger partial charge in [-0.3, -0.25) is 20.4 Å². The lowest BCUT2D eigenvalue weighted by Gasteiger charge is -2.28. The summed E-state index contributed by atoms with van der Waals surface area (Å²) >= 11 is 32.2. The van der Waals surface area contributed by atoms with Crippen LogP contribution < -0.4 is 0 Å². The molecule has 5 rings (SSSR count). The predicted molar refractivity (Wildman–Crippen MR) is 223 cm³/mol. The molecule has 1 aliphatic carbocycles. The molecule has 1 fully saturated rings. The van der Waals surface area contributed by atoms with Crippen molar-refractivity contribution in [3.05, 3.63) is 15.8 Å². The molecule has 50 heavy (non-hydrogen) atoms. The normalized spacial score (nSPS) is 17.7. The standard InChI is InChI=1S/C18H28N4O4S6.C7H8N4S6.CH4/c23-13(9-29-17-21-19-15(27)31-17)7-25-5-11-1-2-12(4-3-11)6-26-8-14(24)10-30-18-22-20-16(28)32-18;1-3(15-7-11-9-5(13)17-7)2-14-6-10-8-4(12)16-6;/h11-14,23-24H,1-10H2,(H,19,27)(H,20,28);3H,2H2,1H3,(H,8,12)(H,9,13);1H4. The van der Waals surface area contributed by atoms with Crippen molar-refractivity contribution in [2.75, 3.05) is 43.7 Å². The zero-order valence-electron chi connectivity index (χ0n) is 26.1. The third kappa shape index (κ3) is 18.1. The van der Waals surface area contributed by atoms with Gasteiger partial charge in [0.05, 0.1) is 25.4 Å². The molecule has 4 heterocycles. The first-order valence-electron chi connectivity index (χ1n) is 14.9. The van der Waals surface area contributed by atoms with Gasteiger partial charge in [-0.25, -0.2) is 0 Å². The monoisotopic (exact) mass is 912 g/mol. The second kappa shape index (κ2) is 24.7. The van der Waals surface area contributed by atoms with Crippen LogP contribution in [0.3, 0.4) is 0 Å². The van der Waals surface area contributed by atoms with Crippen LogP contribution >= 0.6 is 141 Å². The predicted octanol–water partition coefficient (Wildman–Crippen LogP) is 8.78. The fourth-order valence-electron chi connectivity index (χ4n) is 4.23. The molecule has 4 aromatic heterocycles. The molecule has 4 aromatic rings. The summed E-state index contributed by atoms with van der Waals surface area (Å²) in [4.78, 5) is 0. The van der Waals surface area contributed by atoms with E-state index in [1.165, 1.54) is 68.9 Å². The van der Waals surface area contributed by atoms with Gasteiger partial charge >= 0.3 is 0 Å². The van der Waals surface area contributed by atoms with Crippen molar-refractivity contribution in [2.24, 2.45) is 11.8 Å². The molecule has 0 spiro atoms. The van der Waals surface area contributed by atoms with Crippen LogP contribution in [0.4, 0.5) is 0 Å². The number of H-pyrrole nitrogens is 4. The minimum absolute atomic E-state index is 0. The molecule has 12 nitrogen and oxygen atoms in total. The molecule has 0 radical (unpaired) electrons. The van der Waals surface area contributed by atoms with E-state index in [2.05, 4.69) is 47.7 Å². The van der Waals surface area contributed by atoms with E-state index in [1.807, 2.05) is 0 Å². The van der Waals surface area contributed by atoms with Gasteiger partial charge in [0.2, 0.25) is 0 Å². The van der Waals surface area contributed by atoms with E-state index >= 15 is 0 Å². The van der Waals surface area contributed by atoms with Crippen LogP contribution in [0.25, 0.3) is 0 Å². The molecule has 1 saturated carbocycles. The number of hydrogen-bond donors (Lipinski definition) is 6. The number of aromatic nitrogens is 8. The Morgan fingerprint density at radius 1 is 0.640 bits per heavy atom. The minimum Gasteiger partial charge on any atom is -0.390 e. The van der Waals surface area contributed by atoms with Crippen molar-refractivity contribution in [1.29, 1.82) is 0 Å². The zero-order valence-corrected chi connectivity index (χ0v) is 35.9. The number of nitrogens with zero attached hydrogens (tertiary/aromatic N) is 4. The van der Waals surface area contributed by atoms with Crippen LogP contribution in [-0.2, 0) is 9.47 Å². The van der Waals surface area contributed by atoms with Crippen LogP contribution in [0.1, 0.15) is 40.0 Å². The van der Waals surface area contributed by atoms with Gasteiger partial charge in [-0.15, -0.1) is 0 Å². The third-order valence-corrected chi connectivity index (χ3v) is 16.3. The maximum absolute atomic E-state index is 10.1. The Bertz CT molecular complexity index is 1650. The number of thioether (sulfide) groups is 4. The molecule has 1 aliphatic rings. The molecular weight excluding hydrogens is 873 g/mol. The molecule has 0 aromatic carbocycles. The molecule has 0 amide bonds. The molecule has 6 N–H and O–H groups in total. The van der Waals surface area contributed by atoms with Crippen molar-refractivity contribution in [1.82, 2.24) is 40.8 Å². The van der Waals surface area contributed by atoms with E-state index in [4.69, 9.17) is 58.3 Å². The van der Waals surface area contributed by atoms with E-state index in [-0.39, 0.29) is 7.43 Å². The van der Waals surface area contributed by atoms with Crippen LogP contribution in [0.15, 0.2) is 17.4 Å². The molecule has 280 valence electrons. The summed E-state index contributed by atoms with van der Waals surface area (Å²) in [7, 11) is 0. The van der Waals surface area contributed by atoms with Gasteiger partial charge in [-0.1, -0.05) is 107 Å². The fourth-order valence-corrected chi connectivity index (χ4v) is 12.9. The van der Waals surface area contributed by atoms with E-state index < -0.39 is 12.2 Å². The number of aliphatic hydroxyl groups is 2. The fraction of sp³-hybridized carbons (Fsp3) is 0.692. The Hall–Kier alpha value is 0.360. The first kappa shape index (κ1) is 44.8. The van der Waals surface area contributed by atoms with Gasteiger partial charge < -0.3 is 19.7 Å². The maximum atomic E-state index is 10.1. The molecule has 0 aliphatic heterocycles. The molecule has 3 atom stereocenters. The first-order valence-corrected chi connectivity index (χ1v) is 23.6. The summed E-state index contributed by atoms with van der Waals surface area (Å²) in [6, 6.07) is 0. The Kier molecular flexibility index (Phi) is 22.1. The van der Waals surface area contributed by atoms with Crippen LogP contribution in [-0.4, -0.2) is 112 Å². The average Bonchev–Trinajstić information content (AvgIpc) is 3.89. The summed E-state index contributed by atoms with van der Waals surface area (Å²) in [5.41, 5.74) is 0. The molecule has 0 bridgehead atoms. The van der Waals surface area contributed by atoms with Gasteiger partial charge in [0.1, 0.15) is 0 Å². The summed E-state index contributed by atoms with van der Waals surface area (Å²) in [5, 5.41) is 48.0. The molecule has 24 heteroatoms. The first-order chi connectivity index (χ1) is 23.6. The van der Waals surface area contributed by atoms with Gasteiger partial charge in [0, 0.05) is 35.7 Å². The second-order valence-electron chi connectivity index (χ2n) is 10.6. The number of rotatable bonds is 19. The molecule has 0 saturated heterocycles. The topological polar surface area (TPSA) is 174 Å². The third-order valence-electron chi connectivity index (χ3n) is 6.51. The Balaban J connectivity index is 0.000000316. The number of aliphatic hydroxyl groups excluding tert-OH is 2. The lowest BCUT2D eigenvalue weighted by molar-refractivity contribution is 0.00420. The van der Waals surface area contributed by atoms with Crippen molar-refractivity contribution in [3.8, 4) is 0 Å². The Morgan fingerprint density at radius 2 is 0.980 bits per heavy atom. The van der Waals surface area contributed by atoms with Crippen LogP contribution in [0.5, 0.6) is 0 Å².